The van der Waals surface area contributed by atoms with Gasteiger partial charge in [-0.1, -0.05) is 29.8 Å². The van der Waals surface area contributed by atoms with E-state index in [2.05, 4.69) is 16.3 Å². The Balaban J connectivity index is 1.60. The van der Waals surface area contributed by atoms with E-state index in [9.17, 15) is 4.79 Å². The Morgan fingerprint density at radius 1 is 1.00 bits per heavy atom. The fourth-order valence-electron chi connectivity index (χ4n) is 3.11. The number of nitrogens with one attached hydrogen (secondary N) is 1. The number of rotatable bonds is 2. The smallest absolute Gasteiger partial charge is 0.321 e. The number of anilines is 2. The molecule has 1 saturated heterocycles. The van der Waals surface area contributed by atoms with E-state index in [1.54, 1.807) is 0 Å². The van der Waals surface area contributed by atoms with E-state index in [1.807, 2.05) is 55.1 Å². The Morgan fingerprint density at radius 2 is 1.62 bits per heavy atom. The summed E-state index contributed by atoms with van der Waals surface area (Å²) in [6.45, 7) is 6.99. The molecule has 1 N–H and O–H groups in total. The number of piperazine rings is 1. The first kappa shape index (κ1) is 16.7. The zero-order valence-corrected chi connectivity index (χ0v) is 14.8. The number of hydrogen-bond acceptors (Lipinski definition) is 2. The summed E-state index contributed by atoms with van der Waals surface area (Å²) in [6, 6.07) is 13.9. The van der Waals surface area contributed by atoms with E-state index >= 15 is 0 Å². The van der Waals surface area contributed by atoms with Crippen LogP contribution in [0.3, 0.4) is 0 Å². The first-order valence-electron chi connectivity index (χ1n) is 8.16. The highest BCUT2D eigenvalue weighted by atomic mass is 35.5. The minimum absolute atomic E-state index is 0.0428. The van der Waals surface area contributed by atoms with Gasteiger partial charge in [0.05, 0.1) is 10.7 Å². The third kappa shape index (κ3) is 3.82. The molecule has 0 atom stereocenters. The fraction of sp³-hybridized carbons (Fsp3) is 0.316. The lowest BCUT2D eigenvalue weighted by atomic mass is 10.1. The number of amides is 2. The van der Waals surface area contributed by atoms with Gasteiger partial charge in [0.1, 0.15) is 0 Å². The van der Waals surface area contributed by atoms with E-state index in [0.29, 0.717) is 13.1 Å². The van der Waals surface area contributed by atoms with Gasteiger partial charge in [-0.05, 0) is 49.2 Å². The van der Waals surface area contributed by atoms with Crippen LogP contribution in [0.5, 0.6) is 0 Å². The van der Waals surface area contributed by atoms with Crippen LogP contribution in [0.1, 0.15) is 11.1 Å². The number of para-hydroxylation sites is 1. The molecule has 24 heavy (non-hydrogen) atoms. The molecule has 1 aliphatic heterocycles. The van der Waals surface area contributed by atoms with Gasteiger partial charge in [-0.25, -0.2) is 4.79 Å². The molecule has 1 heterocycles. The van der Waals surface area contributed by atoms with Gasteiger partial charge in [0.2, 0.25) is 0 Å². The Kier molecular flexibility index (Phi) is 4.95. The monoisotopic (exact) mass is 343 g/mol. The highest BCUT2D eigenvalue weighted by Crippen LogP contribution is 2.26. The molecule has 2 amide bonds. The number of hydrogen-bond donors (Lipinski definition) is 1. The Labute approximate surface area is 148 Å². The van der Waals surface area contributed by atoms with Crippen molar-refractivity contribution >= 4 is 29.0 Å². The van der Waals surface area contributed by atoms with Crippen molar-refractivity contribution in [1.29, 1.82) is 0 Å². The molecule has 4 nitrogen and oxygen atoms in total. The molecular weight excluding hydrogens is 322 g/mol. The standard InChI is InChI=1S/C19H22ClN3O/c1-14-11-15(2)13-16(12-14)21-19(24)23-9-7-22(8-10-23)18-6-4-3-5-17(18)20/h3-6,11-13H,7-10H2,1-2H3,(H,21,24). The van der Waals surface area contributed by atoms with Crippen molar-refractivity contribution in [3.05, 3.63) is 58.6 Å². The Morgan fingerprint density at radius 3 is 2.25 bits per heavy atom. The van der Waals surface area contributed by atoms with Gasteiger partial charge in [-0.3, -0.25) is 0 Å². The lowest BCUT2D eigenvalue weighted by Crippen LogP contribution is -2.50. The first-order chi connectivity index (χ1) is 11.5. The maximum Gasteiger partial charge on any atom is 0.321 e. The van der Waals surface area contributed by atoms with Gasteiger partial charge >= 0.3 is 6.03 Å². The SMILES string of the molecule is Cc1cc(C)cc(NC(=O)N2CCN(c3ccccc3Cl)CC2)c1. The zero-order valence-electron chi connectivity index (χ0n) is 14.1. The van der Waals surface area contributed by atoms with Crippen LogP contribution in [0, 0.1) is 13.8 Å². The van der Waals surface area contributed by atoms with Gasteiger partial charge in [-0.2, -0.15) is 0 Å². The van der Waals surface area contributed by atoms with Crippen LogP contribution in [0.4, 0.5) is 16.2 Å². The third-order valence-electron chi connectivity index (χ3n) is 4.23. The van der Waals surface area contributed by atoms with Crippen LogP contribution in [0.2, 0.25) is 5.02 Å². The average molecular weight is 344 g/mol. The molecule has 0 radical (unpaired) electrons. The largest absolute Gasteiger partial charge is 0.367 e. The maximum absolute atomic E-state index is 12.5. The molecule has 2 aromatic carbocycles. The summed E-state index contributed by atoms with van der Waals surface area (Å²) in [5.41, 5.74) is 4.18. The molecule has 1 fully saturated rings. The summed E-state index contributed by atoms with van der Waals surface area (Å²) < 4.78 is 0. The van der Waals surface area contributed by atoms with E-state index in [0.717, 1.165) is 40.6 Å². The molecule has 0 aromatic heterocycles. The number of nitrogens with zero attached hydrogens (tertiary/aromatic N) is 2. The normalized spacial score (nSPS) is 14.6. The van der Waals surface area contributed by atoms with Crippen LogP contribution in [-0.2, 0) is 0 Å². The van der Waals surface area contributed by atoms with Crippen LogP contribution >= 0.6 is 11.6 Å². The summed E-state index contributed by atoms with van der Waals surface area (Å²) in [6.07, 6.45) is 0. The minimum Gasteiger partial charge on any atom is -0.367 e. The quantitative estimate of drug-likeness (QED) is 0.881. The van der Waals surface area contributed by atoms with Crippen LogP contribution in [-0.4, -0.2) is 37.1 Å². The molecule has 0 bridgehead atoms. The number of urea groups is 1. The second kappa shape index (κ2) is 7.14. The van der Waals surface area contributed by atoms with Crippen LogP contribution < -0.4 is 10.2 Å². The van der Waals surface area contributed by atoms with Gasteiger partial charge in [-0.15, -0.1) is 0 Å². The molecule has 126 valence electrons. The molecule has 3 rings (SSSR count). The van der Waals surface area contributed by atoms with Crippen molar-refractivity contribution in [2.75, 3.05) is 36.4 Å². The zero-order chi connectivity index (χ0) is 17.1. The van der Waals surface area contributed by atoms with Gasteiger partial charge in [0.15, 0.2) is 0 Å². The van der Waals surface area contributed by atoms with Gasteiger partial charge < -0.3 is 15.1 Å². The van der Waals surface area contributed by atoms with E-state index in [1.165, 1.54) is 0 Å². The molecule has 1 aliphatic rings. The number of halogens is 1. The summed E-state index contributed by atoms with van der Waals surface area (Å²) in [5.74, 6) is 0. The van der Waals surface area contributed by atoms with E-state index < -0.39 is 0 Å². The molecule has 0 unspecified atom stereocenters. The van der Waals surface area contributed by atoms with Crippen molar-refractivity contribution in [2.24, 2.45) is 0 Å². The number of carbonyl (C=O) groups is 1. The summed E-state index contributed by atoms with van der Waals surface area (Å²) in [4.78, 5) is 16.5. The number of benzene rings is 2. The second-order valence-corrected chi connectivity index (χ2v) is 6.64. The molecule has 0 aliphatic carbocycles. The van der Waals surface area contributed by atoms with E-state index in [4.69, 9.17) is 11.6 Å². The van der Waals surface area contributed by atoms with Crippen molar-refractivity contribution in [2.45, 2.75) is 13.8 Å². The van der Waals surface area contributed by atoms with Crippen molar-refractivity contribution in [3.63, 3.8) is 0 Å². The number of aryl methyl sites for hydroxylation is 2. The summed E-state index contributed by atoms with van der Waals surface area (Å²) >= 11 is 6.26. The van der Waals surface area contributed by atoms with Crippen LogP contribution in [0.25, 0.3) is 0 Å². The molecule has 0 saturated carbocycles. The predicted octanol–water partition coefficient (Wildman–Crippen LogP) is 4.31. The third-order valence-corrected chi connectivity index (χ3v) is 4.55. The highest BCUT2D eigenvalue weighted by Gasteiger charge is 2.22. The Bertz CT molecular complexity index is 719. The highest BCUT2D eigenvalue weighted by molar-refractivity contribution is 6.33. The maximum atomic E-state index is 12.5. The summed E-state index contributed by atoms with van der Waals surface area (Å²) in [5, 5.41) is 3.76. The van der Waals surface area contributed by atoms with Crippen molar-refractivity contribution < 1.29 is 4.79 Å². The number of carbonyl (C=O) groups excluding carboxylic acids is 1. The van der Waals surface area contributed by atoms with Crippen molar-refractivity contribution in [3.8, 4) is 0 Å². The predicted molar refractivity (Wildman–Crippen MR) is 100 cm³/mol. The first-order valence-corrected chi connectivity index (χ1v) is 8.54. The fourth-order valence-corrected chi connectivity index (χ4v) is 3.36. The molecule has 5 heteroatoms. The minimum atomic E-state index is -0.0428. The van der Waals surface area contributed by atoms with Crippen LogP contribution in [0.15, 0.2) is 42.5 Å². The molecular formula is C19H22ClN3O. The van der Waals surface area contributed by atoms with E-state index in [-0.39, 0.29) is 6.03 Å². The topological polar surface area (TPSA) is 35.6 Å². The lowest BCUT2D eigenvalue weighted by molar-refractivity contribution is 0.208. The molecule has 2 aromatic rings. The second-order valence-electron chi connectivity index (χ2n) is 6.23. The summed E-state index contributed by atoms with van der Waals surface area (Å²) in [7, 11) is 0. The molecule has 0 spiro atoms. The van der Waals surface area contributed by atoms with Gasteiger partial charge in [0, 0.05) is 31.9 Å². The lowest BCUT2D eigenvalue weighted by Gasteiger charge is -2.36. The Hall–Kier alpha value is -2.20. The van der Waals surface area contributed by atoms with Crippen molar-refractivity contribution in [1.82, 2.24) is 4.90 Å². The average Bonchev–Trinajstić information content (AvgIpc) is 2.54. The van der Waals surface area contributed by atoms with Gasteiger partial charge in [0.25, 0.3) is 0 Å².